The molecule has 6 heteroatoms. The third kappa shape index (κ3) is 5.07. The van der Waals surface area contributed by atoms with Crippen molar-refractivity contribution >= 4 is 34.1 Å². The van der Waals surface area contributed by atoms with Crippen molar-refractivity contribution in [2.24, 2.45) is 64.6 Å². The first-order valence-electron chi connectivity index (χ1n) is 18.5. The average Bonchev–Trinajstić information content (AvgIpc) is 3.04. The number of ether oxygens (including phenoxy) is 1. The number of methoxy groups -OCH3 is 1. The van der Waals surface area contributed by atoms with Crippen molar-refractivity contribution in [1.82, 2.24) is 4.98 Å². The van der Waals surface area contributed by atoms with Crippen LogP contribution in [-0.4, -0.2) is 23.9 Å². The van der Waals surface area contributed by atoms with E-state index in [2.05, 4.69) is 15.6 Å². The van der Waals surface area contributed by atoms with Gasteiger partial charge in [0.25, 0.3) is 0 Å². The van der Waals surface area contributed by atoms with E-state index >= 15 is 9.59 Å². The van der Waals surface area contributed by atoms with Crippen molar-refractivity contribution in [2.45, 2.75) is 77.6 Å². The van der Waals surface area contributed by atoms with Crippen LogP contribution in [-0.2, 0) is 9.59 Å². The highest BCUT2D eigenvalue weighted by Crippen LogP contribution is 2.67. The van der Waals surface area contributed by atoms with Crippen LogP contribution in [0.15, 0.2) is 54.7 Å². The van der Waals surface area contributed by atoms with Gasteiger partial charge in [0.2, 0.25) is 11.8 Å². The first-order chi connectivity index (χ1) is 22.9. The molecule has 2 N–H and O–H groups in total. The summed E-state index contributed by atoms with van der Waals surface area (Å²) in [4.78, 5) is 35.2. The van der Waals surface area contributed by atoms with E-state index in [1.54, 1.807) is 13.3 Å². The average molecular weight is 632 g/mol. The number of aromatic nitrogens is 1. The summed E-state index contributed by atoms with van der Waals surface area (Å²) in [5, 5.41) is 7.88. The van der Waals surface area contributed by atoms with Gasteiger partial charge < -0.3 is 15.4 Å². The molecule has 47 heavy (non-hydrogen) atoms. The molecule has 1 heterocycles. The van der Waals surface area contributed by atoms with Gasteiger partial charge in [0.05, 0.1) is 30.1 Å². The molecule has 8 bridgehead atoms. The van der Waals surface area contributed by atoms with E-state index in [0.29, 0.717) is 29.6 Å². The van der Waals surface area contributed by atoms with Gasteiger partial charge in [0.1, 0.15) is 5.75 Å². The van der Waals surface area contributed by atoms with Crippen molar-refractivity contribution in [3.05, 3.63) is 60.3 Å². The van der Waals surface area contributed by atoms with Crippen LogP contribution in [0.2, 0.25) is 0 Å². The highest BCUT2D eigenvalue weighted by Gasteiger charge is 2.62. The Labute approximate surface area is 278 Å². The minimum absolute atomic E-state index is 0.0503. The molecule has 8 aliphatic rings. The van der Waals surface area contributed by atoms with E-state index in [1.807, 2.05) is 55.5 Å². The second-order valence-corrected chi connectivity index (χ2v) is 16.8. The normalized spacial score (nSPS) is 35.9. The first-order valence-corrected chi connectivity index (χ1v) is 18.5. The minimum Gasteiger partial charge on any atom is -0.497 e. The van der Waals surface area contributed by atoms with Crippen LogP contribution < -0.4 is 15.4 Å². The second kappa shape index (κ2) is 11.3. The summed E-state index contributed by atoms with van der Waals surface area (Å²) in [5.74, 6) is 5.05. The molecule has 0 radical (unpaired) electrons. The second-order valence-electron chi connectivity index (χ2n) is 16.8. The van der Waals surface area contributed by atoms with E-state index in [-0.39, 0.29) is 35.0 Å². The number of carbonyl (C=O) groups is 2. The fourth-order valence-electron chi connectivity index (χ4n) is 13.0. The zero-order valence-electron chi connectivity index (χ0n) is 27.9. The van der Waals surface area contributed by atoms with Gasteiger partial charge in [-0.25, -0.2) is 0 Å². The summed E-state index contributed by atoms with van der Waals surface area (Å²) >= 11 is 0. The summed E-state index contributed by atoms with van der Waals surface area (Å²) in [6.45, 7) is 2.05. The van der Waals surface area contributed by atoms with E-state index in [4.69, 9.17) is 4.74 Å². The molecule has 2 atom stereocenters. The maximum absolute atomic E-state index is 15.3. The number of amides is 2. The highest BCUT2D eigenvalue weighted by molar-refractivity contribution is 6.05. The van der Waals surface area contributed by atoms with Gasteiger partial charge in [0, 0.05) is 23.3 Å². The van der Waals surface area contributed by atoms with Gasteiger partial charge in [-0.2, -0.15) is 0 Å². The Hall–Kier alpha value is -3.41. The van der Waals surface area contributed by atoms with Crippen molar-refractivity contribution in [2.75, 3.05) is 17.7 Å². The number of hydrogen-bond acceptors (Lipinski definition) is 4. The molecular weight excluding hydrogens is 582 g/mol. The number of rotatable bonds is 8. The van der Waals surface area contributed by atoms with Crippen LogP contribution in [0.25, 0.3) is 10.9 Å². The minimum atomic E-state index is -0.365. The quantitative estimate of drug-likeness (QED) is 0.261. The first kappa shape index (κ1) is 29.7. The summed E-state index contributed by atoms with van der Waals surface area (Å²) in [5.41, 5.74) is 3.36. The van der Waals surface area contributed by atoms with E-state index in [1.165, 1.54) is 51.4 Å². The molecule has 2 unspecified atom stereocenters. The molecule has 2 amide bonds. The summed E-state index contributed by atoms with van der Waals surface area (Å²) < 4.78 is 5.58. The fraction of sp³-hybridized carbons (Fsp3) is 0.585. The van der Waals surface area contributed by atoms with Gasteiger partial charge >= 0.3 is 0 Å². The lowest BCUT2D eigenvalue weighted by molar-refractivity contribution is -0.163. The van der Waals surface area contributed by atoms with Crippen LogP contribution in [0.1, 0.15) is 76.2 Å². The van der Waals surface area contributed by atoms with Crippen molar-refractivity contribution in [1.29, 1.82) is 0 Å². The third-order valence-corrected chi connectivity index (χ3v) is 14.0. The zero-order chi connectivity index (χ0) is 31.9. The molecule has 8 saturated carbocycles. The molecule has 3 aromatic rings. The molecular formula is C41H49N3O3. The molecule has 0 saturated heterocycles. The Balaban J connectivity index is 1.17. The molecule has 11 rings (SSSR count). The number of aryl methyl sites for hydroxylation is 1. The molecule has 8 fully saturated rings. The standard InChI is InChI=1S/C41H49N3O3/c1-23-8-9-31(47-2)19-35(23)44-39(45)37(36-29-15-24-11-25(17-29)18-30(36)16-24)38(41-20-26-12-27(21-41)14-28(13-26)22-41)40(46)43-34-7-3-6-33-32(34)5-4-10-42-33/h3-10,19,24-30,36-38H,11-18,20-22H2,1-2H3,(H,43,46)(H,44,45). The zero-order valence-corrected chi connectivity index (χ0v) is 27.9. The van der Waals surface area contributed by atoms with Gasteiger partial charge in [-0.3, -0.25) is 14.6 Å². The monoisotopic (exact) mass is 631 g/mol. The maximum atomic E-state index is 15.3. The van der Waals surface area contributed by atoms with Crippen molar-refractivity contribution < 1.29 is 14.3 Å². The van der Waals surface area contributed by atoms with Crippen LogP contribution >= 0.6 is 0 Å². The number of nitrogens with zero attached hydrogens (tertiary/aromatic N) is 1. The van der Waals surface area contributed by atoms with Gasteiger partial charge in [0.15, 0.2) is 0 Å². The van der Waals surface area contributed by atoms with Crippen LogP contribution in [0.3, 0.4) is 0 Å². The Kier molecular flexibility index (Phi) is 7.17. The molecule has 6 nitrogen and oxygen atoms in total. The van der Waals surface area contributed by atoms with Gasteiger partial charge in [-0.15, -0.1) is 0 Å². The van der Waals surface area contributed by atoms with E-state index < -0.39 is 0 Å². The molecule has 8 aliphatic carbocycles. The number of pyridine rings is 1. The number of fused-ring (bicyclic) bond motifs is 1. The summed E-state index contributed by atoms with van der Waals surface area (Å²) in [7, 11) is 1.67. The number of hydrogen-bond donors (Lipinski definition) is 2. The lowest BCUT2D eigenvalue weighted by Crippen LogP contribution is -2.60. The number of nitrogens with one attached hydrogen (secondary N) is 2. The van der Waals surface area contributed by atoms with Crippen LogP contribution in [0, 0.1) is 71.5 Å². The Morgan fingerprint density at radius 1 is 0.766 bits per heavy atom. The molecule has 0 aliphatic heterocycles. The summed E-state index contributed by atoms with van der Waals surface area (Å²) in [6.07, 6.45) is 15.3. The Bertz CT molecular complexity index is 1650. The SMILES string of the molecule is COc1ccc(C)c(NC(=O)C(C2C3CC4CC(C3)CC2C4)C(C(=O)Nc2cccc3ncccc23)C23CC4CC(CC(C4)C2)C3)c1. The lowest BCUT2D eigenvalue weighted by atomic mass is 9.42. The number of anilines is 2. The van der Waals surface area contributed by atoms with E-state index in [0.717, 1.165) is 64.7 Å². The molecule has 1 aromatic heterocycles. The lowest BCUT2D eigenvalue weighted by Gasteiger charge is -2.62. The number of carbonyl (C=O) groups excluding carboxylic acids is 2. The molecule has 246 valence electrons. The predicted octanol–water partition coefficient (Wildman–Crippen LogP) is 8.65. The predicted molar refractivity (Wildman–Crippen MR) is 185 cm³/mol. The Morgan fingerprint density at radius 3 is 2.06 bits per heavy atom. The topological polar surface area (TPSA) is 80.3 Å². The molecule has 0 spiro atoms. The van der Waals surface area contributed by atoms with Gasteiger partial charge in [-0.1, -0.05) is 12.1 Å². The van der Waals surface area contributed by atoms with Crippen LogP contribution in [0.4, 0.5) is 11.4 Å². The smallest absolute Gasteiger partial charge is 0.228 e. The number of benzene rings is 2. The highest BCUT2D eigenvalue weighted by atomic mass is 16.5. The molecule has 2 aromatic carbocycles. The maximum Gasteiger partial charge on any atom is 0.228 e. The van der Waals surface area contributed by atoms with Crippen molar-refractivity contribution in [3.8, 4) is 5.75 Å². The van der Waals surface area contributed by atoms with E-state index in [9.17, 15) is 0 Å². The van der Waals surface area contributed by atoms with Crippen molar-refractivity contribution in [3.63, 3.8) is 0 Å². The van der Waals surface area contributed by atoms with Crippen LogP contribution in [0.5, 0.6) is 5.75 Å². The van der Waals surface area contributed by atoms with Gasteiger partial charge in [-0.05, 0) is 166 Å². The third-order valence-electron chi connectivity index (χ3n) is 14.0. The Morgan fingerprint density at radius 2 is 1.40 bits per heavy atom. The summed E-state index contributed by atoms with van der Waals surface area (Å²) in [6, 6.07) is 15.9. The fourth-order valence-corrected chi connectivity index (χ4v) is 13.0. The largest absolute Gasteiger partial charge is 0.497 e.